The molecule has 1 aliphatic rings. The third kappa shape index (κ3) is 4.63. The number of aryl methyl sites for hydroxylation is 1. The third-order valence-corrected chi connectivity index (χ3v) is 4.68. The maximum absolute atomic E-state index is 13.3. The smallest absolute Gasteiger partial charge is 0.253 e. The van der Waals surface area contributed by atoms with Crippen LogP contribution in [0.4, 0.5) is 10.2 Å². The molecule has 1 N–H and O–H groups in total. The topological polar surface area (TPSA) is 54.5 Å². The SMILES string of the molecule is Cc1cc(N2CCOCC2)nc(C(C)C)c1C(=O)NCc1cccc(F)c1. The number of carbonyl (C=O) groups is 1. The molecule has 0 saturated carbocycles. The van der Waals surface area contributed by atoms with E-state index in [9.17, 15) is 9.18 Å². The summed E-state index contributed by atoms with van der Waals surface area (Å²) in [6.07, 6.45) is 0. The standard InChI is InChI=1S/C21H26FN3O2/c1-14(2)20-19(21(26)23-13-16-5-4-6-17(22)12-16)15(3)11-18(24-20)25-7-9-27-10-8-25/h4-6,11-12,14H,7-10,13H2,1-3H3,(H,23,26). The normalized spacial score (nSPS) is 14.5. The number of rotatable bonds is 5. The number of anilines is 1. The van der Waals surface area contributed by atoms with Crippen molar-refractivity contribution in [1.82, 2.24) is 10.3 Å². The van der Waals surface area contributed by atoms with E-state index < -0.39 is 0 Å². The quantitative estimate of drug-likeness (QED) is 0.875. The van der Waals surface area contributed by atoms with Crippen LogP contribution in [0.1, 0.15) is 46.9 Å². The van der Waals surface area contributed by atoms with Gasteiger partial charge in [0.15, 0.2) is 0 Å². The number of hydrogen-bond acceptors (Lipinski definition) is 4. The van der Waals surface area contributed by atoms with Gasteiger partial charge in [-0.3, -0.25) is 4.79 Å². The Hall–Kier alpha value is -2.47. The average Bonchev–Trinajstić information content (AvgIpc) is 2.66. The molecule has 0 bridgehead atoms. The lowest BCUT2D eigenvalue weighted by Crippen LogP contribution is -2.37. The van der Waals surface area contributed by atoms with E-state index in [4.69, 9.17) is 9.72 Å². The Labute approximate surface area is 159 Å². The van der Waals surface area contributed by atoms with E-state index in [0.29, 0.717) is 18.8 Å². The number of hydrogen-bond donors (Lipinski definition) is 1. The summed E-state index contributed by atoms with van der Waals surface area (Å²) in [5, 5.41) is 2.90. The van der Waals surface area contributed by atoms with Crippen molar-refractivity contribution < 1.29 is 13.9 Å². The number of pyridine rings is 1. The summed E-state index contributed by atoms with van der Waals surface area (Å²) in [5.41, 5.74) is 3.02. The largest absolute Gasteiger partial charge is 0.378 e. The minimum atomic E-state index is -0.308. The third-order valence-electron chi connectivity index (χ3n) is 4.68. The zero-order valence-electron chi connectivity index (χ0n) is 16.1. The fraction of sp³-hybridized carbons (Fsp3) is 0.429. The van der Waals surface area contributed by atoms with Crippen molar-refractivity contribution in [2.24, 2.45) is 0 Å². The number of ether oxygens (including phenoxy) is 1. The van der Waals surface area contributed by atoms with Crippen LogP contribution in [0.2, 0.25) is 0 Å². The van der Waals surface area contributed by atoms with Crippen LogP contribution >= 0.6 is 0 Å². The highest BCUT2D eigenvalue weighted by Gasteiger charge is 2.22. The van der Waals surface area contributed by atoms with Gasteiger partial charge in [-0.15, -0.1) is 0 Å². The predicted octanol–water partition coefficient (Wildman–Crippen LogP) is 3.42. The Bertz CT molecular complexity index is 817. The van der Waals surface area contributed by atoms with Crippen molar-refractivity contribution in [3.8, 4) is 0 Å². The highest BCUT2D eigenvalue weighted by Crippen LogP contribution is 2.26. The summed E-state index contributed by atoms with van der Waals surface area (Å²) in [5.74, 6) is 0.514. The average molecular weight is 371 g/mol. The molecule has 6 heteroatoms. The van der Waals surface area contributed by atoms with Crippen LogP contribution in [-0.4, -0.2) is 37.2 Å². The highest BCUT2D eigenvalue weighted by atomic mass is 19.1. The second-order valence-corrected chi connectivity index (χ2v) is 7.12. The summed E-state index contributed by atoms with van der Waals surface area (Å²) >= 11 is 0. The highest BCUT2D eigenvalue weighted by molar-refractivity contribution is 5.97. The van der Waals surface area contributed by atoms with Gasteiger partial charge in [-0.2, -0.15) is 0 Å². The molecule has 1 amide bonds. The van der Waals surface area contributed by atoms with Gasteiger partial charge in [0.05, 0.1) is 24.5 Å². The molecule has 1 aliphatic heterocycles. The van der Waals surface area contributed by atoms with Gasteiger partial charge in [-0.25, -0.2) is 9.37 Å². The van der Waals surface area contributed by atoms with Gasteiger partial charge in [-0.1, -0.05) is 26.0 Å². The maximum atomic E-state index is 13.3. The summed E-state index contributed by atoms with van der Waals surface area (Å²) in [6.45, 7) is 9.27. The number of morpholine rings is 1. The Kier molecular flexibility index (Phi) is 6.06. The molecule has 0 radical (unpaired) electrons. The second-order valence-electron chi connectivity index (χ2n) is 7.12. The molecule has 3 rings (SSSR count). The van der Waals surface area contributed by atoms with Gasteiger partial charge in [-0.05, 0) is 42.2 Å². The molecule has 1 aromatic heterocycles. The second kappa shape index (κ2) is 8.48. The lowest BCUT2D eigenvalue weighted by Gasteiger charge is -2.29. The van der Waals surface area contributed by atoms with Crippen molar-refractivity contribution in [3.05, 3.63) is 58.5 Å². The number of amides is 1. The molecular weight excluding hydrogens is 345 g/mol. The van der Waals surface area contributed by atoms with E-state index in [1.807, 2.05) is 26.8 Å². The monoisotopic (exact) mass is 371 g/mol. The molecule has 2 heterocycles. The van der Waals surface area contributed by atoms with Crippen molar-refractivity contribution in [2.45, 2.75) is 33.2 Å². The zero-order valence-corrected chi connectivity index (χ0v) is 16.1. The molecule has 2 aromatic rings. The molecule has 0 atom stereocenters. The fourth-order valence-electron chi connectivity index (χ4n) is 3.26. The first kappa shape index (κ1) is 19.3. The first-order valence-corrected chi connectivity index (χ1v) is 9.32. The van der Waals surface area contributed by atoms with Crippen molar-refractivity contribution in [2.75, 3.05) is 31.2 Å². The fourth-order valence-corrected chi connectivity index (χ4v) is 3.26. The Morgan fingerprint density at radius 2 is 2.04 bits per heavy atom. The summed E-state index contributed by atoms with van der Waals surface area (Å²) in [7, 11) is 0. The first-order valence-electron chi connectivity index (χ1n) is 9.32. The van der Waals surface area contributed by atoms with Crippen molar-refractivity contribution in [1.29, 1.82) is 0 Å². The molecule has 0 aliphatic carbocycles. The Morgan fingerprint density at radius 1 is 1.30 bits per heavy atom. The van der Waals surface area contributed by atoms with Gasteiger partial charge < -0.3 is 15.0 Å². The zero-order chi connectivity index (χ0) is 19.4. The van der Waals surface area contributed by atoms with Gasteiger partial charge in [0.25, 0.3) is 5.91 Å². The van der Waals surface area contributed by atoms with Crippen molar-refractivity contribution in [3.63, 3.8) is 0 Å². The molecular formula is C21H26FN3O2. The Balaban J connectivity index is 1.83. The van der Waals surface area contributed by atoms with Crippen LogP contribution in [0.3, 0.4) is 0 Å². The van der Waals surface area contributed by atoms with Gasteiger partial charge in [0.1, 0.15) is 11.6 Å². The summed E-state index contributed by atoms with van der Waals surface area (Å²) in [6, 6.07) is 8.21. The van der Waals surface area contributed by atoms with Crippen LogP contribution in [-0.2, 0) is 11.3 Å². The molecule has 0 spiro atoms. The molecule has 27 heavy (non-hydrogen) atoms. The van der Waals surface area contributed by atoms with Crippen LogP contribution in [0.15, 0.2) is 30.3 Å². The molecule has 1 aromatic carbocycles. The van der Waals surface area contributed by atoms with Gasteiger partial charge in [0.2, 0.25) is 0 Å². The van der Waals surface area contributed by atoms with E-state index >= 15 is 0 Å². The van der Waals surface area contributed by atoms with Crippen molar-refractivity contribution >= 4 is 11.7 Å². The molecule has 0 unspecified atom stereocenters. The Morgan fingerprint density at radius 3 is 2.70 bits per heavy atom. The van der Waals surface area contributed by atoms with E-state index in [-0.39, 0.29) is 24.2 Å². The minimum absolute atomic E-state index is 0.111. The first-order chi connectivity index (χ1) is 13.0. The summed E-state index contributed by atoms with van der Waals surface area (Å²) in [4.78, 5) is 19.8. The predicted molar refractivity (Wildman–Crippen MR) is 104 cm³/mol. The molecule has 1 saturated heterocycles. The summed E-state index contributed by atoms with van der Waals surface area (Å²) < 4.78 is 18.7. The maximum Gasteiger partial charge on any atom is 0.253 e. The van der Waals surface area contributed by atoms with Crippen LogP contribution in [0.5, 0.6) is 0 Å². The van der Waals surface area contributed by atoms with E-state index in [1.54, 1.807) is 12.1 Å². The number of benzene rings is 1. The molecule has 1 fully saturated rings. The number of nitrogens with zero attached hydrogens (tertiary/aromatic N) is 2. The van der Waals surface area contributed by atoms with E-state index in [0.717, 1.165) is 35.7 Å². The van der Waals surface area contributed by atoms with Crippen LogP contribution in [0, 0.1) is 12.7 Å². The van der Waals surface area contributed by atoms with Crippen LogP contribution in [0.25, 0.3) is 0 Å². The van der Waals surface area contributed by atoms with E-state index in [2.05, 4.69) is 10.2 Å². The molecule has 5 nitrogen and oxygen atoms in total. The number of halogens is 1. The van der Waals surface area contributed by atoms with Crippen LogP contribution < -0.4 is 10.2 Å². The number of nitrogens with one attached hydrogen (secondary N) is 1. The molecule has 144 valence electrons. The van der Waals surface area contributed by atoms with Gasteiger partial charge in [0, 0.05) is 19.6 Å². The number of carbonyl (C=O) groups excluding carboxylic acids is 1. The van der Waals surface area contributed by atoms with Gasteiger partial charge >= 0.3 is 0 Å². The number of aromatic nitrogens is 1. The van der Waals surface area contributed by atoms with E-state index in [1.165, 1.54) is 12.1 Å². The minimum Gasteiger partial charge on any atom is -0.378 e. The lowest BCUT2D eigenvalue weighted by molar-refractivity contribution is 0.0948. The lowest BCUT2D eigenvalue weighted by atomic mass is 9.98.